The van der Waals surface area contributed by atoms with E-state index in [1.807, 2.05) is 6.92 Å². The smallest absolute Gasteiger partial charge is 0.341 e. The van der Waals surface area contributed by atoms with Gasteiger partial charge in [0.05, 0.1) is 19.2 Å². The van der Waals surface area contributed by atoms with Crippen molar-refractivity contribution >= 4 is 11.9 Å². The fraction of sp³-hybridized carbons (Fsp3) is 0.550. The lowest BCUT2D eigenvalue weighted by atomic mass is 9.91. The molecular formula is C20H25N3O5. The van der Waals surface area contributed by atoms with Crippen molar-refractivity contribution in [1.82, 2.24) is 10.2 Å². The van der Waals surface area contributed by atoms with Crippen LogP contribution < -0.4 is 14.8 Å². The number of nitrogens with zero attached hydrogens (tertiary/aromatic N) is 2. The first kappa shape index (κ1) is 20.0. The van der Waals surface area contributed by atoms with E-state index in [0.717, 1.165) is 24.0 Å². The molecule has 0 aromatic heterocycles. The Labute approximate surface area is 164 Å². The molecule has 2 aliphatic heterocycles. The number of rotatable bonds is 6. The van der Waals surface area contributed by atoms with Gasteiger partial charge < -0.3 is 24.8 Å². The maximum absolute atomic E-state index is 12.8. The normalized spacial score (nSPS) is 24.0. The molecule has 2 fully saturated rings. The quantitative estimate of drug-likeness (QED) is 0.759. The van der Waals surface area contributed by atoms with Crippen LogP contribution in [0.4, 0.5) is 0 Å². The van der Waals surface area contributed by atoms with Crippen molar-refractivity contribution < 1.29 is 24.2 Å². The second kappa shape index (κ2) is 8.48. The third-order valence-corrected chi connectivity index (χ3v) is 5.43. The molecule has 0 radical (unpaired) electrons. The van der Waals surface area contributed by atoms with Gasteiger partial charge >= 0.3 is 5.97 Å². The zero-order chi connectivity index (χ0) is 20.3. The number of nitriles is 1. The molecule has 150 valence electrons. The number of carboxylic acids is 1. The Hall–Kier alpha value is -2.79. The summed E-state index contributed by atoms with van der Waals surface area (Å²) in [6.07, 6.45) is 2.23. The Kier molecular flexibility index (Phi) is 6.05. The number of methoxy groups -OCH3 is 1. The van der Waals surface area contributed by atoms with Gasteiger partial charge in [0.2, 0.25) is 5.91 Å². The summed E-state index contributed by atoms with van der Waals surface area (Å²) in [5.41, 5.74) is 1.92. The number of carbonyl (C=O) groups is 2. The fourth-order valence-corrected chi connectivity index (χ4v) is 4.16. The van der Waals surface area contributed by atoms with Crippen LogP contribution in [0.2, 0.25) is 0 Å². The average molecular weight is 387 g/mol. The molecule has 3 atom stereocenters. The topological polar surface area (TPSA) is 112 Å². The SMILES string of the molecule is COc1cc(OCC(=O)O)cc(C)c1[C@@H]1CN[C@H](C(=O)N2CCC[C@H]2C#N)C1. The molecule has 8 nitrogen and oxygen atoms in total. The standard InChI is InChI=1S/C20H25N3O5/c1-12-6-15(28-11-18(24)25)8-17(27-2)19(12)13-7-16(22-10-13)20(26)23-5-3-4-14(23)9-21/h6,8,13-14,16,22H,3-5,7,10-11H2,1-2H3,(H,24,25)/t13-,14-,16-/m0/s1. The molecule has 28 heavy (non-hydrogen) atoms. The van der Waals surface area contributed by atoms with E-state index < -0.39 is 12.6 Å². The third-order valence-electron chi connectivity index (χ3n) is 5.43. The van der Waals surface area contributed by atoms with Gasteiger partial charge in [-0.3, -0.25) is 4.79 Å². The minimum Gasteiger partial charge on any atom is -0.496 e. The molecule has 8 heteroatoms. The lowest BCUT2D eigenvalue weighted by Gasteiger charge is -2.23. The monoisotopic (exact) mass is 387 g/mol. The number of likely N-dealkylation sites (tertiary alicyclic amines) is 1. The molecule has 2 heterocycles. The van der Waals surface area contributed by atoms with Crippen molar-refractivity contribution in [1.29, 1.82) is 5.26 Å². The molecule has 2 N–H and O–H groups in total. The van der Waals surface area contributed by atoms with E-state index in [-0.39, 0.29) is 23.9 Å². The number of nitrogens with one attached hydrogen (secondary N) is 1. The molecular weight excluding hydrogens is 362 g/mol. The average Bonchev–Trinajstić information content (AvgIpc) is 3.34. The van der Waals surface area contributed by atoms with Gasteiger partial charge in [-0.1, -0.05) is 0 Å². The van der Waals surface area contributed by atoms with Crippen LogP contribution in [0.3, 0.4) is 0 Å². The number of hydrogen-bond donors (Lipinski definition) is 2. The number of carbonyl (C=O) groups excluding carboxylic acids is 1. The highest BCUT2D eigenvalue weighted by atomic mass is 16.5. The minimum atomic E-state index is -1.04. The van der Waals surface area contributed by atoms with E-state index in [1.165, 1.54) is 0 Å². The van der Waals surface area contributed by atoms with Crippen molar-refractivity contribution in [3.05, 3.63) is 23.3 Å². The van der Waals surface area contributed by atoms with Crippen molar-refractivity contribution in [2.75, 3.05) is 26.8 Å². The zero-order valence-electron chi connectivity index (χ0n) is 16.1. The van der Waals surface area contributed by atoms with Gasteiger partial charge in [0, 0.05) is 30.6 Å². The molecule has 3 rings (SSSR count). The lowest BCUT2D eigenvalue weighted by molar-refractivity contribution is -0.139. The fourth-order valence-electron chi connectivity index (χ4n) is 4.16. The highest BCUT2D eigenvalue weighted by Crippen LogP contribution is 2.38. The lowest BCUT2D eigenvalue weighted by Crippen LogP contribution is -2.45. The van der Waals surface area contributed by atoms with Gasteiger partial charge in [-0.15, -0.1) is 0 Å². The van der Waals surface area contributed by atoms with Gasteiger partial charge in [-0.05, 0) is 37.8 Å². The number of amides is 1. The summed E-state index contributed by atoms with van der Waals surface area (Å²) < 4.78 is 10.8. The molecule has 0 spiro atoms. The van der Waals surface area contributed by atoms with E-state index in [0.29, 0.717) is 31.0 Å². The predicted molar refractivity (Wildman–Crippen MR) is 100 cm³/mol. The first-order valence-electron chi connectivity index (χ1n) is 9.41. The molecule has 1 amide bonds. The number of carboxylic acid groups (broad SMARTS) is 1. The van der Waals surface area contributed by atoms with Gasteiger partial charge in [-0.2, -0.15) is 5.26 Å². The summed E-state index contributed by atoms with van der Waals surface area (Å²) in [5, 5.41) is 21.3. The van der Waals surface area contributed by atoms with E-state index in [2.05, 4.69) is 11.4 Å². The first-order valence-corrected chi connectivity index (χ1v) is 9.41. The Morgan fingerprint density at radius 3 is 2.89 bits per heavy atom. The van der Waals surface area contributed by atoms with Crippen molar-refractivity contribution in [3.63, 3.8) is 0 Å². The van der Waals surface area contributed by atoms with Crippen LogP contribution in [0, 0.1) is 18.3 Å². The molecule has 0 bridgehead atoms. The highest BCUT2D eigenvalue weighted by molar-refractivity contribution is 5.83. The number of aliphatic carboxylic acids is 1. The highest BCUT2D eigenvalue weighted by Gasteiger charge is 2.38. The Morgan fingerprint density at radius 2 is 2.21 bits per heavy atom. The predicted octanol–water partition coefficient (Wildman–Crippen LogP) is 1.43. The van der Waals surface area contributed by atoms with Crippen LogP contribution in [0.5, 0.6) is 11.5 Å². The molecule has 0 aliphatic carbocycles. The number of ether oxygens (including phenoxy) is 2. The molecule has 0 saturated carbocycles. The van der Waals surface area contributed by atoms with E-state index in [9.17, 15) is 14.9 Å². The number of hydrogen-bond acceptors (Lipinski definition) is 6. The van der Waals surface area contributed by atoms with Crippen LogP contribution in [0.15, 0.2) is 12.1 Å². The van der Waals surface area contributed by atoms with Crippen molar-refractivity contribution in [2.45, 2.75) is 44.2 Å². The van der Waals surface area contributed by atoms with Gasteiger partial charge in [0.1, 0.15) is 17.5 Å². The van der Waals surface area contributed by atoms with Crippen LogP contribution in [0.25, 0.3) is 0 Å². The second-order valence-electron chi connectivity index (χ2n) is 7.25. The number of benzene rings is 1. The Bertz CT molecular complexity index is 804. The van der Waals surface area contributed by atoms with Gasteiger partial charge in [0.25, 0.3) is 0 Å². The van der Waals surface area contributed by atoms with E-state index in [4.69, 9.17) is 14.6 Å². The molecule has 2 aliphatic rings. The van der Waals surface area contributed by atoms with Crippen LogP contribution in [0.1, 0.15) is 36.3 Å². The summed E-state index contributed by atoms with van der Waals surface area (Å²) >= 11 is 0. The van der Waals surface area contributed by atoms with E-state index in [1.54, 1.807) is 24.1 Å². The third kappa shape index (κ3) is 4.04. The molecule has 1 aromatic carbocycles. The summed E-state index contributed by atoms with van der Waals surface area (Å²) in [6, 6.07) is 5.06. The number of aryl methyl sites for hydroxylation is 1. The summed E-state index contributed by atoms with van der Waals surface area (Å²) in [4.78, 5) is 25.3. The van der Waals surface area contributed by atoms with Gasteiger partial charge in [0.15, 0.2) is 6.61 Å². The van der Waals surface area contributed by atoms with E-state index >= 15 is 0 Å². The van der Waals surface area contributed by atoms with Gasteiger partial charge in [-0.25, -0.2) is 4.79 Å². The van der Waals surface area contributed by atoms with Crippen molar-refractivity contribution in [2.24, 2.45) is 0 Å². The summed E-state index contributed by atoms with van der Waals surface area (Å²) in [6.45, 7) is 2.78. The maximum Gasteiger partial charge on any atom is 0.341 e. The molecule has 2 saturated heterocycles. The zero-order valence-corrected chi connectivity index (χ0v) is 16.1. The molecule has 0 unspecified atom stereocenters. The van der Waals surface area contributed by atoms with Crippen LogP contribution >= 0.6 is 0 Å². The molecule has 1 aromatic rings. The van der Waals surface area contributed by atoms with Crippen LogP contribution in [-0.2, 0) is 9.59 Å². The maximum atomic E-state index is 12.8. The first-order chi connectivity index (χ1) is 13.4. The summed E-state index contributed by atoms with van der Waals surface area (Å²) in [5.74, 6) is 0.0918. The summed E-state index contributed by atoms with van der Waals surface area (Å²) in [7, 11) is 1.56. The van der Waals surface area contributed by atoms with Crippen molar-refractivity contribution in [3.8, 4) is 17.6 Å². The largest absolute Gasteiger partial charge is 0.496 e. The Balaban J connectivity index is 1.74. The van der Waals surface area contributed by atoms with Crippen LogP contribution in [-0.4, -0.2) is 60.8 Å². The minimum absolute atomic E-state index is 0.00965. The Morgan fingerprint density at radius 1 is 1.43 bits per heavy atom. The second-order valence-corrected chi connectivity index (χ2v) is 7.25.